The summed E-state index contributed by atoms with van der Waals surface area (Å²) in [6, 6.07) is 8.25. The van der Waals surface area contributed by atoms with E-state index in [9.17, 15) is 0 Å². The van der Waals surface area contributed by atoms with Crippen molar-refractivity contribution in [3.05, 3.63) is 46.3 Å². The summed E-state index contributed by atoms with van der Waals surface area (Å²) in [6.45, 7) is 3.95. The fraction of sp³-hybridized carbons (Fsp3) is 0.231. The van der Waals surface area contributed by atoms with Crippen LogP contribution in [0.4, 0.5) is 0 Å². The van der Waals surface area contributed by atoms with Gasteiger partial charge in [-0.1, -0.05) is 17.8 Å². The Morgan fingerprint density at radius 1 is 1.29 bits per heavy atom. The van der Waals surface area contributed by atoms with Crippen molar-refractivity contribution in [2.75, 3.05) is 0 Å². The van der Waals surface area contributed by atoms with Gasteiger partial charge in [0.05, 0.1) is 11.2 Å². The van der Waals surface area contributed by atoms with Crippen LogP contribution in [0.5, 0.6) is 0 Å². The van der Waals surface area contributed by atoms with Crippen molar-refractivity contribution in [2.24, 2.45) is 5.73 Å². The molecule has 1 heterocycles. The van der Waals surface area contributed by atoms with Crippen molar-refractivity contribution in [1.82, 2.24) is 0 Å². The largest absolute Gasteiger partial charge is 0.468 e. The second kappa shape index (κ2) is 5.29. The number of rotatable bonds is 3. The minimum absolute atomic E-state index is 0.0565. The quantitative estimate of drug-likeness (QED) is 0.905. The van der Waals surface area contributed by atoms with E-state index in [0.717, 1.165) is 20.7 Å². The highest BCUT2D eigenvalue weighted by Gasteiger charge is 2.08. The van der Waals surface area contributed by atoms with E-state index in [-0.39, 0.29) is 6.04 Å². The molecule has 0 amide bonds. The van der Waals surface area contributed by atoms with E-state index in [1.165, 1.54) is 4.90 Å². The molecule has 4 heteroatoms. The Morgan fingerprint density at radius 3 is 2.59 bits per heavy atom. The van der Waals surface area contributed by atoms with E-state index in [0.29, 0.717) is 0 Å². The Morgan fingerprint density at radius 2 is 2.06 bits per heavy atom. The average molecular weight is 312 g/mol. The molecule has 2 nitrogen and oxygen atoms in total. The van der Waals surface area contributed by atoms with E-state index in [4.69, 9.17) is 10.2 Å². The Labute approximate surface area is 114 Å². The lowest BCUT2D eigenvalue weighted by atomic mass is 10.1. The zero-order chi connectivity index (χ0) is 12.4. The molecule has 2 rings (SSSR count). The Hall–Kier alpha value is -0.710. The van der Waals surface area contributed by atoms with Crippen LogP contribution < -0.4 is 5.73 Å². The lowest BCUT2D eigenvalue weighted by molar-refractivity contribution is 0.527. The molecule has 0 aliphatic carbocycles. The molecule has 0 aliphatic heterocycles. The van der Waals surface area contributed by atoms with Gasteiger partial charge in [0.1, 0.15) is 5.76 Å². The average Bonchev–Trinajstić information content (AvgIpc) is 2.67. The van der Waals surface area contributed by atoms with E-state index in [1.54, 1.807) is 18.0 Å². The van der Waals surface area contributed by atoms with Gasteiger partial charge in [-0.25, -0.2) is 0 Å². The summed E-state index contributed by atoms with van der Waals surface area (Å²) >= 11 is 5.27. The monoisotopic (exact) mass is 311 g/mol. The van der Waals surface area contributed by atoms with Gasteiger partial charge >= 0.3 is 0 Å². The molecule has 0 aliphatic rings. The Kier molecular flexibility index (Phi) is 3.97. The van der Waals surface area contributed by atoms with Gasteiger partial charge in [-0.3, -0.25) is 0 Å². The predicted octanol–water partition coefficient (Wildman–Crippen LogP) is 4.52. The number of furan rings is 1. The third kappa shape index (κ3) is 2.94. The molecule has 1 aromatic heterocycles. The van der Waals surface area contributed by atoms with Gasteiger partial charge in [-0.15, -0.1) is 0 Å². The first-order valence-corrected chi connectivity index (χ1v) is 6.96. The van der Waals surface area contributed by atoms with Crippen molar-refractivity contribution < 1.29 is 4.42 Å². The molecule has 17 heavy (non-hydrogen) atoms. The van der Waals surface area contributed by atoms with Crippen LogP contribution in [0, 0.1) is 6.92 Å². The van der Waals surface area contributed by atoms with Crippen molar-refractivity contribution in [1.29, 1.82) is 0 Å². The minimum Gasteiger partial charge on any atom is -0.468 e. The van der Waals surface area contributed by atoms with E-state index in [1.807, 2.05) is 19.9 Å². The zero-order valence-corrected chi connectivity index (χ0v) is 12.1. The van der Waals surface area contributed by atoms with Crippen molar-refractivity contribution >= 4 is 27.7 Å². The first kappa shape index (κ1) is 12.7. The summed E-state index contributed by atoms with van der Waals surface area (Å²) in [5.74, 6) is 0.943. The molecule has 2 aromatic rings. The fourth-order valence-corrected chi connectivity index (χ4v) is 2.96. The van der Waals surface area contributed by atoms with Gasteiger partial charge in [0.2, 0.25) is 0 Å². The molecule has 0 fully saturated rings. The second-order valence-electron chi connectivity index (χ2n) is 3.92. The standard InChI is InChI=1S/C13H14BrNOS/c1-8(15)10-3-4-13(11(14)7-10)17-12-5-6-16-9(12)2/h3-8H,15H2,1-2H3/t8-/m0/s1. The summed E-state index contributed by atoms with van der Waals surface area (Å²) in [4.78, 5) is 2.30. The van der Waals surface area contributed by atoms with Crippen molar-refractivity contribution in [2.45, 2.75) is 29.7 Å². The van der Waals surface area contributed by atoms with Crippen LogP contribution in [0.2, 0.25) is 0 Å². The summed E-state index contributed by atoms with van der Waals surface area (Å²) in [7, 11) is 0. The highest BCUT2D eigenvalue weighted by Crippen LogP contribution is 2.36. The first-order chi connectivity index (χ1) is 8.08. The predicted molar refractivity (Wildman–Crippen MR) is 74.3 cm³/mol. The van der Waals surface area contributed by atoms with Crippen LogP contribution in [-0.4, -0.2) is 0 Å². The van der Waals surface area contributed by atoms with Crippen LogP contribution in [0.1, 0.15) is 24.3 Å². The molecule has 0 saturated carbocycles. The van der Waals surface area contributed by atoms with Gasteiger partial charge in [0.15, 0.2) is 0 Å². The van der Waals surface area contributed by atoms with Crippen LogP contribution in [-0.2, 0) is 0 Å². The summed E-state index contributed by atoms with van der Waals surface area (Å²) < 4.78 is 6.35. The number of nitrogens with two attached hydrogens (primary N) is 1. The van der Waals surface area contributed by atoms with E-state index in [2.05, 4.69) is 34.1 Å². The highest BCUT2D eigenvalue weighted by molar-refractivity contribution is 9.10. The molecule has 0 unspecified atom stereocenters. The third-order valence-electron chi connectivity index (χ3n) is 2.51. The SMILES string of the molecule is Cc1occc1Sc1ccc([C@H](C)N)cc1Br. The second-order valence-corrected chi connectivity index (χ2v) is 5.86. The molecular weight excluding hydrogens is 298 g/mol. The molecule has 90 valence electrons. The number of hydrogen-bond donors (Lipinski definition) is 1. The molecular formula is C13H14BrNOS. The summed E-state index contributed by atoms with van der Waals surface area (Å²) in [5.41, 5.74) is 6.98. The molecule has 2 N–H and O–H groups in total. The number of aryl methyl sites for hydroxylation is 1. The molecule has 1 atom stereocenters. The van der Waals surface area contributed by atoms with Gasteiger partial charge < -0.3 is 10.2 Å². The Balaban J connectivity index is 2.26. The maximum absolute atomic E-state index is 5.85. The lowest BCUT2D eigenvalue weighted by Crippen LogP contribution is -2.04. The minimum atomic E-state index is 0.0565. The van der Waals surface area contributed by atoms with Crippen LogP contribution in [0.25, 0.3) is 0 Å². The van der Waals surface area contributed by atoms with Crippen molar-refractivity contribution in [3.63, 3.8) is 0 Å². The summed E-state index contributed by atoms with van der Waals surface area (Å²) in [5, 5.41) is 0. The molecule has 0 bridgehead atoms. The summed E-state index contributed by atoms with van der Waals surface area (Å²) in [6.07, 6.45) is 1.71. The maximum atomic E-state index is 5.85. The van der Waals surface area contributed by atoms with Gasteiger partial charge in [-0.2, -0.15) is 0 Å². The van der Waals surface area contributed by atoms with E-state index < -0.39 is 0 Å². The highest BCUT2D eigenvalue weighted by atomic mass is 79.9. The number of benzene rings is 1. The van der Waals surface area contributed by atoms with Crippen molar-refractivity contribution in [3.8, 4) is 0 Å². The van der Waals surface area contributed by atoms with Gasteiger partial charge in [-0.05, 0) is 53.5 Å². The van der Waals surface area contributed by atoms with Gasteiger partial charge in [0.25, 0.3) is 0 Å². The smallest absolute Gasteiger partial charge is 0.114 e. The van der Waals surface area contributed by atoms with Crippen LogP contribution in [0.3, 0.4) is 0 Å². The van der Waals surface area contributed by atoms with Gasteiger partial charge in [0, 0.05) is 15.4 Å². The molecule has 0 spiro atoms. The van der Waals surface area contributed by atoms with Crippen LogP contribution >= 0.6 is 27.7 Å². The number of halogens is 1. The fourth-order valence-electron chi connectivity index (χ4n) is 1.48. The van der Waals surface area contributed by atoms with E-state index >= 15 is 0 Å². The first-order valence-electron chi connectivity index (χ1n) is 5.35. The molecule has 0 radical (unpaired) electrons. The number of hydrogen-bond acceptors (Lipinski definition) is 3. The molecule has 1 aromatic carbocycles. The molecule has 0 saturated heterocycles. The topological polar surface area (TPSA) is 39.2 Å². The third-order valence-corrected chi connectivity index (χ3v) is 4.65. The lowest BCUT2D eigenvalue weighted by Gasteiger charge is -2.09. The van der Waals surface area contributed by atoms with Crippen LogP contribution in [0.15, 0.2) is 49.2 Å². The normalized spacial score (nSPS) is 12.7. The Bertz CT molecular complexity index is 522. The zero-order valence-electron chi connectivity index (χ0n) is 9.74. The maximum Gasteiger partial charge on any atom is 0.114 e.